The third-order valence-corrected chi connectivity index (χ3v) is 4.59. The number of amides is 1. The van der Waals surface area contributed by atoms with Crippen molar-refractivity contribution >= 4 is 5.91 Å². The number of carbonyl (C=O) groups is 1. The topological polar surface area (TPSA) is 60.5 Å². The van der Waals surface area contributed by atoms with Gasteiger partial charge in [0.2, 0.25) is 5.91 Å². The minimum Gasteiger partial charge on any atom is -0.340 e. The van der Waals surface area contributed by atoms with E-state index in [1.165, 1.54) is 5.56 Å². The predicted molar refractivity (Wildman–Crippen MR) is 85.2 cm³/mol. The molecule has 2 saturated heterocycles. The Bertz CT molecular complexity index is 545. The molecule has 6 nitrogen and oxygen atoms in total. The standard InChI is InChI=1S/C16H23F2N5O/c17-15(18)13-10-14(21-20-13)16(24)23-7-1-6-22(8-9-23)11-12-2-4-19-5-3-12/h2-5,13-15,20-21H,1,6-11H2. The van der Waals surface area contributed by atoms with Gasteiger partial charge in [0.25, 0.3) is 6.43 Å². The summed E-state index contributed by atoms with van der Waals surface area (Å²) in [5, 5.41) is 0. The predicted octanol–water partition coefficient (Wildman–Crippen LogP) is 0.616. The van der Waals surface area contributed by atoms with Crippen molar-refractivity contribution in [3.05, 3.63) is 30.1 Å². The van der Waals surface area contributed by atoms with Crippen molar-refractivity contribution in [2.24, 2.45) is 0 Å². The first-order valence-electron chi connectivity index (χ1n) is 8.33. The number of nitrogens with zero attached hydrogens (tertiary/aromatic N) is 3. The fourth-order valence-corrected chi connectivity index (χ4v) is 3.22. The van der Waals surface area contributed by atoms with E-state index in [0.29, 0.717) is 13.1 Å². The van der Waals surface area contributed by atoms with Gasteiger partial charge in [-0.15, -0.1) is 0 Å². The molecule has 0 saturated carbocycles. The molecule has 2 aliphatic rings. The van der Waals surface area contributed by atoms with Crippen molar-refractivity contribution in [3.8, 4) is 0 Å². The van der Waals surface area contributed by atoms with E-state index in [2.05, 4.69) is 20.7 Å². The second-order valence-electron chi connectivity index (χ2n) is 6.33. The number of carbonyl (C=O) groups excluding carboxylic acids is 1. The molecule has 1 amide bonds. The highest BCUT2D eigenvalue weighted by Crippen LogP contribution is 2.16. The summed E-state index contributed by atoms with van der Waals surface area (Å²) in [7, 11) is 0. The van der Waals surface area contributed by atoms with Crippen molar-refractivity contribution < 1.29 is 13.6 Å². The number of rotatable bonds is 4. The summed E-state index contributed by atoms with van der Waals surface area (Å²) in [5.74, 6) is -0.0867. The Hall–Kier alpha value is -1.64. The fourth-order valence-electron chi connectivity index (χ4n) is 3.22. The first-order chi connectivity index (χ1) is 11.6. The number of hydrogen-bond donors (Lipinski definition) is 2. The van der Waals surface area contributed by atoms with Crippen LogP contribution in [-0.2, 0) is 11.3 Å². The normalized spacial score (nSPS) is 25.9. The maximum absolute atomic E-state index is 12.7. The van der Waals surface area contributed by atoms with Crippen LogP contribution in [0.15, 0.2) is 24.5 Å². The Kier molecular flexibility index (Phi) is 5.70. The van der Waals surface area contributed by atoms with Crippen LogP contribution in [-0.4, -0.2) is 65.4 Å². The summed E-state index contributed by atoms with van der Waals surface area (Å²) in [6, 6.07) is 2.48. The molecule has 2 aliphatic heterocycles. The number of pyridine rings is 1. The zero-order chi connectivity index (χ0) is 16.9. The van der Waals surface area contributed by atoms with Crippen LogP contribution >= 0.6 is 0 Å². The van der Waals surface area contributed by atoms with Crippen LogP contribution < -0.4 is 10.9 Å². The molecule has 0 bridgehead atoms. The Morgan fingerprint density at radius 2 is 2.00 bits per heavy atom. The lowest BCUT2D eigenvalue weighted by atomic mass is 10.1. The van der Waals surface area contributed by atoms with E-state index in [4.69, 9.17) is 0 Å². The molecular weight excluding hydrogens is 316 g/mol. The zero-order valence-corrected chi connectivity index (χ0v) is 13.5. The molecular formula is C16H23F2N5O. The van der Waals surface area contributed by atoms with E-state index in [1.54, 1.807) is 17.3 Å². The van der Waals surface area contributed by atoms with E-state index in [-0.39, 0.29) is 12.3 Å². The van der Waals surface area contributed by atoms with E-state index in [1.807, 2.05) is 12.1 Å². The molecule has 2 fully saturated rings. The van der Waals surface area contributed by atoms with Gasteiger partial charge in [-0.1, -0.05) is 0 Å². The van der Waals surface area contributed by atoms with Crippen molar-refractivity contribution in [2.45, 2.75) is 37.9 Å². The third-order valence-electron chi connectivity index (χ3n) is 4.59. The molecule has 0 aromatic carbocycles. The number of hydrazine groups is 1. The Morgan fingerprint density at radius 3 is 2.71 bits per heavy atom. The minimum absolute atomic E-state index is 0.0867. The van der Waals surface area contributed by atoms with Gasteiger partial charge in [-0.2, -0.15) is 0 Å². The van der Waals surface area contributed by atoms with Gasteiger partial charge in [0.1, 0.15) is 6.04 Å². The average molecular weight is 339 g/mol. The maximum atomic E-state index is 12.7. The van der Waals surface area contributed by atoms with E-state index < -0.39 is 18.5 Å². The number of aromatic nitrogens is 1. The molecule has 3 heterocycles. The molecule has 2 unspecified atom stereocenters. The fraction of sp³-hybridized carbons (Fsp3) is 0.625. The van der Waals surface area contributed by atoms with E-state index >= 15 is 0 Å². The zero-order valence-electron chi connectivity index (χ0n) is 13.5. The smallest absolute Gasteiger partial charge is 0.255 e. The Balaban J connectivity index is 1.51. The van der Waals surface area contributed by atoms with Crippen molar-refractivity contribution in [1.82, 2.24) is 25.6 Å². The van der Waals surface area contributed by atoms with E-state index in [0.717, 1.165) is 26.1 Å². The van der Waals surface area contributed by atoms with Gasteiger partial charge in [-0.3, -0.25) is 14.7 Å². The van der Waals surface area contributed by atoms with Gasteiger partial charge in [0, 0.05) is 45.1 Å². The highest BCUT2D eigenvalue weighted by molar-refractivity contribution is 5.82. The van der Waals surface area contributed by atoms with Gasteiger partial charge in [0.05, 0.1) is 6.04 Å². The lowest BCUT2D eigenvalue weighted by molar-refractivity contribution is -0.133. The van der Waals surface area contributed by atoms with Crippen LogP contribution in [0.2, 0.25) is 0 Å². The van der Waals surface area contributed by atoms with Crippen molar-refractivity contribution in [3.63, 3.8) is 0 Å². The van der Waals surface area contributed by atoms with Gasteiger partial charge < -0.3 is 4.90 Å². The molecule has 0 spiro atoms. The van der Waals surface area contributed by atoms with Crippen molar-refractivity contribution in [2.75, 3.05) is 26.2 Å². The van der Waals surface area contributed by atoms with E-state index in [9.17, 15) is 13.6 Å². The highest BCUT2D eigenvalue weighted by Gasteiger charge is 2.36. The molecule has 132 valence electrons. The number of nitrogens with one attached hydrogen (secondary N) is 2. The molecule has 3 rings (SSSR count). The molecule has 0 radical (unpaired) electrons. The number of hydrogen-bond acceptors (Lipinski definition) is 5. The summed E-state index contributed by atoms with van der Waals surface area (Å²) < 4.78 is 25.4. The van der Waals surface area contributed by atoms with Gasteiger partial charge in [-0.05, 0) is 30.5 Å². The lowest BCUT2D eigenvalue weighted by Crippen LogP contribution is -2.47. The third kappa shape index (κ3) is 4.25. The molecule has 2 N–H and O–H groups in total. The second-order valence-corrected chi connectivity index (χ2v) is 6.33. The average Bonchev–Trinajstić information content (AvgIpc) is 2.97. The largest absolute Gasteiger partial charge is 0.340 e. The van der Waals surface area contributed by atoms with Gasteiger partial charge in [-0.25, -0.2) is 19.6 Å². The van der Waals surface area contributed by atoms with Crippen LogP contribution in [0, 0.1) is 0 Å². The molecule has 1 aromatic rings. The Morgan fingerprint density at radius 1 is 1.21 bits per heavy atom. The van der Waals surface area contributed by atoms with Gasteiger partial charge >= 0.3 is 0 Å². The van der Waals surface area contributed by atoms with Crippen LogP contribution in [0.4, 0.5) is 8.78 Å². The molecule has 1 aromatic heterocycles. The van der Waals surface area contributed by atoms with Crippen LogP contribution in [0.5, 0.6) is 0 Å². The van der Waals surface area contributed by atoms with Crippen LogP contribution in [0.25, 0.3) is 0 Å². The second kappa shape index (κ2) is 7.96. The molecule has 2 atom stereocenters. The minimum atomic E-state index is -2.46. The molecule has 0 aliphatic carbocycles. The lowest BCUT2D eigenvalue weighted by Gasteiger charge is -2.24. The number of alkyl halides is 2. The summed E-state index contributed by atoms with van der Waals surface area (Å²) >= 11 is 0. The quantitative estimate of drug-likeness (QED) is 0.842. The highest BCUT2D eigenvalue weighted by atomic mass is 19.3. The SMILES string of the molecule is O=C(C1CC(C(F)F)NN1)N1CCCN(Cc2ccncc2)CC1. The summed E-state index contributed by atoms with van der Waals surface area (Å²) in [6.45, 7) is 3.83. The summed E-state index contributed by atoms with van der Waals surface area (Å²) in [5.41, 5.74) is 6.43. The molecule has 8 heteroatoms. The monoisotopic (exact) mass is 339 g/mol. The van der Waals surface area contributed by atoms with Crippen LogP contribution in [0.3, 0.4) is 0 Å². The Labute approximate surface area is 140 Å². The molecule has 24 heavy (non-hydrogen) atoms. The van der Waals surface area contributed by atoms with Crippen molar-refractivity contribution in [1.29, 1.82) is 0 Å². The first kappa shape index (κ1) is 17.2. The number of halogens is 2. The van der Waals surface area contributed by atoms with Crippen LogP contribution in [0.1, 0.15) is 18.4 Å². The summed E-state index contributed by atoms with van der Waals surface area (Å²) in [4.78, 5) is 20.7. The van der Waals surface area contributed by atoms with Gasteiger partial charge in [0.15, 0.2) is 0 Å². The first-order valence-corrected chi connectivity index (χ1v) is 8.33. The maximum Gasteiger partial charge on any atom is 0.255 e. The summed E-state index contributed by atoms with van der Waals surface area (Å²) in [6.07, 6.45) is 2.11.